The molecule has 0 fully saturated rings. The highest BCUT2D eigenvalue weighted by atomic mass is 32.2. The fourth-order valence-electron chi connectivity index (χ4n) is 3.08. The van der Waals surface area contributed by atoms with Crippen LogP contribution in [-0.2, 0) is 20.9 Å². The molecule has 3 aromatic rings. The monoisotopic (exact) mass is 499 g/mol. The van der Waals surface area contributed by atoms with Crippen LogP contribution in [0, 0.1) is 0 Å². The molecule has 1 heterocycles. The van der Waals surface area contributed by atoms with Crippen LogP contribution in [0.2, 0.25) is 0 Å². The quantitative estimate of drug-likeness (QED) is 0.469. The van der Waals surface area contributed by atoms with E-state index >= 15 is 0 Å². The number of esters is 1. The molecule has 0 radical (unpaired) electrons. The number of rotatable bonds is 8. The first-order valence-corrected chi connectivity index (χ1v) is 11.2. The van der Waals surface area contributed by atoms with Crippen molar-refractivity contribution >= 4 is 21.7 Å². The summed E-state index contributed by atoms with van der Waals surface area (Å²) in [7, 11) is -1.57. The lowest BCUT2D eigenvalue weighted by Gasteiger charge is -2.15. The second kappa shape index (κ2) is 9.63. The summed E-state index contributed by atoms with van der Waals surface area (Å²) < 4.78 is 84.9. The predicted octanol–water partition coefficient (Wildman–Crippen LogP) is 3.89. The van der Waals surface area contributed by atoms with Crippen molar-refractivity contribution in [2.45, 2.75) is 18.0 Å². The van der Waals surface area contributed by atoms with Gasteiger partial charge in [-0.1, -0.05) is 6.07 Å². The third kappa shape index (κ3) is 5.09. The molecule has 2 aromatic carbocycles. The Labute approximate surface area is 193 Å². The van der Waals surface area contributed by atoms with E-state index in [4.69, 9.17) is 9.47 Å². The zero-order valence-corrected chi connectivity index (χ0v) is 19.0. The number of ether oxygens (including phenoxy) is 3. The predicted molar refractivity (Wildman–Crippen MR) is 115 cm³/mol. The Bertz CT molecular complexity index is 1310. The van der Waals surface area contributed by atoms with Crippen molar-refractivity contribution in [1.82, 2.24) is 9.78 Å². The first-order chi connectivity index (χ1) is 16.0. The average Bonchev–Trinajstić information content (AvgIpc) is 3.25. The molecule has 0 spiro atoms. The van der Waals surface area contributed by atoms with E-state index in [1.54, 1.807) is 0 Å². The average molecular weight is 499 g/mol. The van der Waals surface area contributed by atoms with E-state index in [-0.39, 0.29) is 34.4 Å². The fourth-order valence-corrected chi connectivity index (χ4v) is 4.32. The van der Waals surface area contributed by atoms with Gasteiger partial charge in [0.15, 0.2) is 5.69 Å². The highest BCUT2D eigenvalue weighted by molar-refractivity contribution is 7.92. The lowest BCUT2D eigenvalue weighted by Crippen LogP contribution is -2.19. The van der Waals surface area contributed by atoms with Gasteiger partial charge in [0.25, 0.3) is 10.0 Å². The number of carbonyl (C=O) groups is 1. The van der Waals surface area contributed by atoms with E-state index in [0.717, 1.165) is 12.3 Å². The van der Waals surface area contributed by atoms with Gasteiger partial charge < -0.3 is 14.2 Å². The van der Waals surface area contributed by atoms with Crippen LogP contribution in [-0.4, -0.2) is 45.0 Å². The topological polar surface area (TPSA) is 109 Å². The number of benzene rings is 2. The van der Waals surface area contributed by atoms with E-state index in [2.05, 4.69) is 14.6 Å². The molecule has 1 aromatic heterocycles. The number of hydrogen-bond acceptors (Lipinski definition) is 7. The number of halogens is 3. The highest BCUT2D eigenvalue weighted by Crippen LogP contribution is 2.35. The minimum Gasteiger partial charge on any atom is -0.497 e. The zero-order valence-electron chi connectivity index (χ0n) is 18.2. The summed E-state index contributed by atoms with van der Waals surface area (Å²) in [6.07, 6.45) is -4.19. The minimum atomic E-state index is -4.94. The summed E-state index contributed by atoms with van der Waals surface area (Å²) in [6, 6.07) is 9.25. The fraction of sp³-hybridized carbons (Fsp3) is 0.238. The number of nitrogens with one attached hydrogen (secondary N) is 1. The zero-order chi connectivity index (χ0) is 25.1. The van der Waals surface area contributed by atoms with Crippen molar-refractivity contribution in [3.8, 4) is 17.2 Å². The Morgan fingerprint density at radius 2 is 1.85 bits per heavy atom. The molecule has 3 rings (SSSR count). The van der Waals surface area contributed by atoms with E-state index < -0.39 is 33.4 Å². The van der Waals surface area contributed by atoms with Crippen molar-refractivity contribution in [2.24, 2.45) is 0 Å². The molecule has 0 aliphatic carbocycles. The summed E-state index contributed by atoms with van der Waals surface area (Å²) in [4.78, 5) is 11.8. The van der Waals surface area contributed by atoms with Gasteiger partial charge in [-0.3, -0.25) is 4.72 Å². The third-order valence-electron chi connectivity index (χ3n) is 4.54. The van der Waals surface area contributed by atoms with Gasteiger partial charge in [0.1, 0.15) is 22.0 Å². The molecule has 0 bridgehead atoms. The normalized spacial score (nSPS) is 11.7. The van der Waals surface area contributed by atoms with Crippen molar-refractivity contribution in [1.29, 1.82) is 0 Å². The molecule has 0 saturated heterocycles. The van der Waals surface area contributed by atoms with Crippen molar-refractivity contribution < 1.29 is 40.6 Å². The Morgan fingerprint density at radius 3 is 2.47 bits per heavy atom. The van der Waals surface area contributed by atoms with Gasteiger partial charge in [-0.25, -0.2) is 17.9 Å². The Hall–Kier alpha value is -3.74. The van der Waals surface area contributed by atoms with Crippen LogP contribution in [0.4, 0.5) is 18.9 Å². The van der Waals surface area contributed by atoms with Crippen molar-refractivity contribution in [2.75, 3.05) is 25.5 Å². The van der Waals surface area contributed by atoms with E-state index in [9.17, 15) is 26.4 Å². The molecule has 0 saturated carbocycles. The first-order valence-electron chi connectivity index (χ1n) is 9.69. The Morgan fingerprint density at radius 1 is 1.12 bits per heavy atom. The summed E-state index contributed by atoms with van der Waals surface area (Å²) in [6.45, 7) is 1.34. The maximum atomic E-state index is 13.8. The Balaban J connectivity index is 2.04. The van der Waals surface area contributed by atoms with Gasteiger partial charge in [-0.15, -0.1) is 0 Å². The molecular weight excluding hydrogens is 479 g/mol. The molecular formula is C21H20F3N3O6S. The number of aromatic nitrogens is 2. The Kier molecular flexibility index (Phi) is 7.05. The third-order valence-corrected chi connectivity index (χ3v) is 5.94. The molecule has 182 valence electrons. The number of methoxy groups -OCH3 is 2. The van der Waals surface area contributed by atoms with Gasteiger partial charge in [0.2, 0.25) is 0 Å². The molecule has 0 unspecified atom stereocenters. The molecule has 0 aliphatic rings. The maximum Gasteiger partial charge on any atom is 0.434 e. The SMILES string of the molecule is CCOC(=O)c1cnn(-c2cccc(NS(=O)(=O)c3cc(OC)ccc3OC)c2)c1C(F)(F)F. The van der Waals surface area contributed by atoms with Crippen LogP contribution in [0.1, 0.15) is 23.0 Å². The number of carbonyl (C=O) groups excluding carboxylic acids is 1. The minimum absolute atomic E-state index is 0.0370. The molecule has 13 heteroatoms. The van der Waals surface area contributed by atoms with E-state index in [1.165, 1.54) is 57.5 Å². The summed E-state index contributed by atoms with van der Waals surface area (Å²) in [5.41, 5.74) is -2.30. The molecule has 34 heavy (non-hydrogen) atoms. The second-order valence-corrected chi connectivity index (χ2v) is 8.36. The lowest BCUT2D eigenvalue weighted by atomic mass is 10.2. The van der Waals surface area contributed by atoms with Crippen LogP contribution in [0.25, 0.3) is 5.69 Å². The summed E-state index contributed by atoms with van der Waals surface area (Å²) in [5.74, 6) is -0.884. The maximum absolute atomic E-state index is 13.8. The largest absolute Gasteiger partial charge is 0.497 e. The van der Waals surface area contributed by atoms with Crippen LogP contribution < -0.4 is 14.2 Å². The van der Waals surface area contributed by atoms with Gasteiger partial charge in [-0.05, 0) is 37.3 Å². The van der Waals surface area contributed by atoms with Gasteiger partial charge in [0, 0.05) is 6.07 Å². The van der Waals surface area contributed by atoms with Crippen LogP contribution >= 0.6 is 0 Å². The summed E-state index contributed by atoms with van der Waals surface area (Å²) >= 11 is 0. The number of nitrogens with zero attached hydrogens (tertiary/aromatic N) is 2. The van der Waals surface area contributed by atoms with Gasteiger partial charge in [0.05, 0.1) is 38.4 Å². The van der Waals surface area contributed by atoms with E-state index in [1.807, 2.05) is 0 Å². The summed E-state index contributed by atoms with van der Waals surface area (Å²) in [5, 5.41) is 3.68. The smallest absolute Gasteiger partial charge is 0.434 e. The molecule has 0 amide bonds. The first kappa shape index (κ1) is 24.9. The number of anilines is 1. The highest BCUT2D eigenvalue weighted by Gasteiger charge is 2.41. The number of hydrogen-bond donors (Lipinski definition) is 1. The molecule has 0 aliphatic heterocycles. The molecule has 1 N–H and O–H groups in total. The molecule has 0 atom stereocenters. The van der Waals surface area contributed by atoms with Crippen molar-refractivity contribution in [3.63, 3.8) is 0 Å². The van der Waals surface area contributed by atoms with Crippen molar-refractivity contribution in [3.05, 3.63) is 59.9 Å². The van der Waals surface area contributed by atoms with Gasteiger partial charge in [-0.2, -0.15) is 18.3 Å². The van der Waals surface area contributed by atoms with Gasteiger partial charge >= 0.3 is 12.1 Å². The van der Waals surface area contributed by atoms with Crippen LogP contribution in [0.3, 0.4) is 0 Å². The van der Waals surface area contributed by atoms with E-state index in [0.29, 0.717) is 4.68 Å². The van der Waals surface area contributed by atoms with Crippen LogP contribution in [0.5, 0.6) is 11.5 Å². The standard InChI is InChI=1S/C21H20F3N3O6S/c1-4-33-20(28)16-12-25-27(19(16)21(22,23)24)14-7-5-6-13(10-14)26-34(29,30)18-11-15(31-2)8-9-17(18)32-3/h5-12,26H,4H2,1-3H3. The number of alkyl halides is 3. The number of sulfonamides is 1. The molecule has 9 nitrogen and oxygen atoms in total. The lowest BCUT2D eigenvalue weighted by molar-refractivity contribution is -0.143. The van der Waals surface area contributed by atoms with Crippen LogP contribution in [0.15, 0.2) is 53.6 Å². The second-order valence-electron chi connectivity index (χ2n) is 6.71.